The maximum absolute atomic E-state index is 12.9. The van der Waals surface area contributed by atoms with Gasteiger partial charge in [0, 0.05) is 30.6 Å². The maximum atomic E-state index is 12.9. The second-order valence-electron chi connectivity index (χ2n) is 7.15. The number of carbonyl (C=O) groups is 2. The number of carbonyl (C=O) groups excluding carboxylic acids is 2. The molecule has 1 heterocycles. The van der Waals surface area contributed by atoms with Crippen LogP contribution in [0.25, 0.3) is 10.9 Å². The van der Waals surface area contributed by atoms with E-state index in [1.165, 1.54) is 26.0 Å². The number of rotatable bonds is 7. The van der Waals surface area contributed by atoms with Crippen LogP contribution in [0.15, 0.2) is 54.7 Å². The molecule has 0 saturated heterocycles. The number of ether oxygens (including phenoxy) is 1. The quantitative estimate of drug-likeness (QED) is 0.442. The molecule has 30 heavy (non-hydrogen) atoms. The van der Waals surface area contributed by atoms with Gasteiger partial charge in [-0.25, -0.2) is 0 Å². The Morgan fingerprint density at radius 1 is 1.10 bits per heavy atom. The summed E-state index contributed by atoms with van der Waals surface area (Å²) in [6.45, 7) is 2.55. The SMILES string of the molecule is CC(=O)C(C)(NCc1cccc(C(F)(F)F)c1)OC(=O)Cc1c[nH]c2ccccc12. The lowest BCUT2D eigenvalue weighted by atomic mass is 10.1. The van der Waals surface area contributed by atoms with E-state index in [-0.39, 0.29) is 13.0 Å². The van der Waals surface area contributed by atoms with Gasteiger partial charge in [-0.05, 0) is 30.2 Å². The van der Waals surface area contributed by atoms with Gasteiger partial charge in [0.25, 0.3) is 0 Å². The Kier molecular flexibility index (Phi) is 5.98. The van der Waals surface area contributed by atoms with Gasteiger partial charge in [0.2, 0.25) is 5.72 Å². The maximum Gasteiger partial charge on any atom is 0.416 e. The first-order chi connectivity index (χ1) is 14.1. The number of ketones is 1. The molecule has 2 N–H and O–H groups in total. The zero-order chi connectivity index (χ0) is 21.9. The van der Waals surface area contributed by atoms with Gasteiger partial charge in [-0.1, -0.05) is 36.4 Å². The predicted octanol–water partition coefficient (Wildman–Crippen LogP) is 4.37. The minimum atomic E-state index is -4.47. The third kappa shape index (κ3) is 4.88. The molecule has 0 spiro atoms. The van der Waals surface area contributed by atoms with E-state index in [0.29, 0.717) is 5.56 Å². The molecule has 0 radical (unpaired) electrons. The zero-order valence-electron chi connectivity index (χ0n) is 16.5. The van der Waals surface area contributed by atoms with Crippen molar-refractivity contribution in [3.8, 4) is 0 Å². The number of hydrogen-bond acceptors (Lipinski definition) is 4. The molecule has 0 aliphatic carbocycles. The summed E-state index contributed by atoms with van der Waals surface area (Å²) in [7, 11) is 0. The number of esters is 1. The number of H-pyrrole nitrogens is 1. The van der Waals surface area contributed by atoms with Crippen molar-refractivity contribution in [2.75, 3.05) is 0 Å². The van der Waals surface area contributed by atoms with Crippen molar-refractivity contribution in [3.05, 3.63) is 71.4 Å². The van der Waals surface area contributed by atoms with E-state index >= 15 is 0 Å². The molecule has 1 aromatic heterocycles. The number of fused-ring (bicyclic) bond motifs is 1. The molecule has 8 heteroatoms. The minimum Gasteiger partial charge on any atom is -0.436 e. The van der Waals surface area contributed by atoms with Gasteiger partial charge in [-0.3, -0.25) is 14.9 Å². The lowest BCUT2D eigenvalue weighted by Crippen LogP contribution is -2.51. The molecule has 1 atom stereocenters. The van der Waals surface area contributed by atoms with Gasteiger partial charge < -0.3 is 9.72 Å². The highest BCUT2D eigenvalue weighted by atomic mass is 19.4. The van der Waals surface area contributed by atoms with Crippen LogP contribution in [0.2, 0.25) is 0 Å². The van der Waals surface area contributed by atoms with E-state index in [1.807, 2.05) is 24.3 Å². The average molecular weight is 418 g/mol. The molecular formula is C22H21F3N2O3. The molecule has 0 aliphatic heterocycles. The van der Waals surface area contributed by atoms with Crippen molar-refractivity contribution in [2.45, 2.75) is 38.7 Å². The first kappa shape index (κ1) is 21.6. The largest absolute Gasteiger partial charge is 0.436 e. The van der Waals surface area contributed by atoms with Crippen LogP contribution in [0.1, 0.15) is 30.5 Å². The number of benzene rings is 2. The first-order valence-electron chi connectivity index (χ1n) is 9.27. The van der Waals surface area contributed by atoms with Gasteiger partial charge in [-0.15, -0.1) is 0 Å². The number of alkyl halides is 3. The summed E-state index contributed by atoms with van der Waals surface area (Å²) >= 11 is 0. The monoisotopic (exact) mass is 418 g/mol. The number of halogens is 3. The number of Topliss-reactive ketones (excluding diaryl/α,β-unsaturated/α-hetero) is 1. The van der Waals surface area contributed by atoms with Crippen LogP contribution in [0, 0.1) is 0 Å². The smallest absolute Gasteiger partial charge is 0.416 e. The van der Waals surface area contributed by atoms with Crippen LogP contribution in [0.5, 0.6) is 0 Å². The van der Waals surface area contributed by atoms with E-state index in [9.17, 15) is 22.8 Å². The summed E-state index contributed by atoms with van der Waals surface area (Å²) in [5, 5.41) is 3.64. The molecule has 0 aliphatic rings. The fourth-order valence-electron chi connectivity index (χ4n) is 3.06. The standard InChI is InChI=1S/C22H21F3N2O3/c1-14(28)21(2,27-12-15-6-5-7-17(10-15)22(23,24)25)30-20(29)11-16-13-26-19-9-4-3-8-18(16)19/h3-10,13,26-27H,11-12H2,1-2H3. The highest BCUT2D eigenvalue weighted by Gasteiger charge is 2.34. The lowest BCUT2D eigenvalue weighted by Gasteiger charge is -2.28. The van der Waals surface area contributed by atoms with Gasteiger partial charge in [0.15, 0.2) is 5.78 Å². The van der Waals surface area contributed by atoms with Crippen LogP contribution < -0.4 is 5.32 Å². The molecule has 3 aromatic rings. The van der Waals surface area contributed by atoms with Crippen molar-refractivity contribution in [2.24, 2.45) is 0 Å². The fraction of sp³-hybridized carbons (Fsp3) is 0.273. The molecule has 158 valence electrons. The highest BCUT2D eigenvalue weighted by Crippen LogP contribution is 2.29. The van der Waals surface area contributed by atoms with Crippen LogP contribution >= 0.6 is 0 Å². The Labute approximate surface area is 171 Å². The molecular weight excluding hydrogens is 397 g/mol. The highest BCUT2D eigenvalue weighted by molar-refractivity contribution is 5.90. The number of aromatic nitrogens is 1. The van der Waals surface area contributed by atoms with E-state index in [4.69, 9.17) is 4.74 Å². The Morgan fingerprint density at radius 2 is 1.83 bits per heavy atom. The minimum absolute atomic E-state index is 0.0574. The van der Waals surface area contributed by atoms with Gasteiger partial charge in [-0.2, -0.15) is 13.2 Å². The average Bonchev–Trinajstić information content (AvgIpc) is 3.09. The Bertz CT molecular complexity index is 1070. The number of para-hydroxylation sites is 1. The third-order valence-corrected chi connectivity index (χ3v) is 4.88. The third-order valence-electron chi connectivity index (χ3n) is 4.88. The molecule has 1 unspecified atom stereocenters. The van der Waals surface area contributed by atoms with Crippen LogP contribution in [-0.4, -0.2) is 22.5 Å². The van der Waals surface area contributed by atoms with E-state index < -0.39 is 29.2 Å². The Hall–Kier alpha value is -3.13. The molecule has 0 fully saturated rings. The topological polar surface area (TPSA) is 71.2 Å². The molecule has 0 amide bonds. The molecule has 2 aromatic carbocycles. The zero-order valence-corrected chi connectivity index (χ0v) is 16.5. The Balaban J connectivity index is 1.70. The lowest BCUT2D eigenvalue weighted by molar-refractivity contribution is -0.168. The number of nitrogens with one attached hydrogen (secondary N) is 2. The van der Waals surface area contributed by atoms with Crippen molar-refractivity contribution < 1.29 is 27.5 Å². The number of hydrogen-bond donors (Lipinski definition) is 2. The summed E-state index contributed by atoms with van der Waals surface area (Å²) < 4.78 is 44.1. The second-order valence-corrected chi connectivity index (χ2v) is 7.15. The fourth-order valence-corrected chi connectivity index (χ4v) is 3.06. The van der Waals surface area contributed by atoms with Crippen molar-refractivity contribution in [1.82, 2.24) is 10.3 Å². The van der Waals surface area contributed by atoms with Crippen molar-refractivity contribution >= 4 is 22.7 Å². The van der Waals surface area contributed by atoms with Crippen molar-refractivity contribution in [1.29, 1.82) is 0 Å². The summed E-state index contributed by atoms with van der Waals surface area (Å²) in [4.78, 5) is 27.7. The number of aromatic amines is 1. The van der Waals surface area contributed by atoms with E-state index in [2.05, 4.69) is 10.3 Å². The van der Waals surface area contributed by atoms with Gasteiger partial charge in [0.05, 0.1) is 12.0 Å². The van der Waals surface area contributed by atoms with Crippen molar-refractivity contribution in [3.63, 3.8) is 0 Å². The van der Waals surface area contributed by atoms with Crippen LogP contribution in [0.3, 0.4) is 0 Å². The normalized spacial score (nSPS) is 13.8. The summed E-state index contributed by atoms with van der Waals surface area (Å²) in [5.41, 5.74) is -0.554. The van der Waals surface area contributed by atoms with Crippen LogP contribution in [0.4, 0.5) is 13.2 Å². The Morgan fingerprint density at radius 3 is 2.53 bits per heavy atom. The predicted molar refractivity (Wildman–Crippen MR) is 105 cm³/mol. The van der Waals surface area contributed by atoms with Gasteiger partial charge in [0.1, 0.15) is 0 Å². The summed E-state index contributed by atoms with van der Waals surface area (Å²) in [6.07, 6.45) is -2.82. The second kappa shape index (κ2) is 8.31. The van der Waals surface area contributed by atoms with E-state index in [1.54, 1.807) is 6.20 Å². The molecule has 5 nitrogen and oxygen atoms in total. The van der Waals surface area contributed by atoms with E-state index in [0.717, 1.165) is 28.6 Å². The molecule has 0 saturated carbocycles. The molecule has 0 bridgehead atoms. The van der Waals surface area contributed by atoms with Crippen LogP contribution in [-0.2, 0) is 33.5 Å². The summed E-state index contributed by atoms with van der Waals surface area (Å²) in [6, 6.07) is 12.2. The summed E-state index contributed by atoms with van der Waals surface area (Å²) in [5.74, 6) is -1.10. The first-order valence-corrected chi connectivity index (χ1v) is 9.27. The van der Waals surface area contributed by atoms with Gasteiger partial charge >= 0.3 is 12.1 Å². The molecule has 3 rings (SSSR count).